The number of rotatable bonds is 39. The van der Waals surface area contributed by atoms with Crippen molar-refractivity contribution in [3.63, 3.8) is 0 Å². The van der Waals surface area contributed by atoms with Gasteiger partial charge in [-0.1, -0.05) is 211 Å². The summed E-state index contributed by atoms with van der Waals surface area (Å²) in [5, 5.41) is 0. The molecular formula is C56H82O6. The van der Waals surface area contributed by atoms with Gasteiger partial charge in [-0.3, -0.25) is 14.4 Å². The summed E-state index contributed by atoms with van der Waals surface area (Å²) < 4.78 is 16.6. The molecule has 0 bridgehead atoms. The molecule has 0 aliphatic carbocycles. The fourth-order valence-electron chi connectivity index (χ4n) is 5.52. The molecule has 0 N–H and O–H groups in total. The number of allylic oxidation sites excluding steroid dienone is 26. The molecule has 0 aliphatic rings. The van der Waals surface area contributed by atoms with Crippen molar-refractivity contribution in [1.29, 1.82) is 0 Å². The Kier molecular flexibility index (Phi) is 44.8. The fourth-order valence-corrected chi connectivity index (χ4v) is 5.52. The second-order valence-electron chi connectivity index (χ2n) is 14.7. The van der Waals surface area contributed by atoms with Crippen molar-refractivity contribution in [3.05, 3.63) is 158 Å². The number of unbranched alkanes of at least 4 members (excludes halogenated alkanes) is 8. The highest BCUT2D eigenvalue weighted by atomic mass is 16.6. The lowest BCUT2D eigenvalue weighted by Gasteiger charge is -2.18. The van der Waals surface area contributed by atoms with Crippen molar-refractivity contribution in [1.82, 2.24) is 0 Å². The summed E-state index contributed by atoms with van der Waals surface area (Å²) in [7, 11) is 0. The van der Waals surface area contributed by atoms with Crippen LogP contribution in [0.1, 0.15) is 156 Å². The van der Waals surface area contributed by atoms with Gasteiger partial charge in [-0.2, -0.15) is 0 Å². The molecule has 0 saturated carbocycles. The number of hydrogen-bond donors (Lipinski definition) is 0. The van der Waals surface area contributed by atoms with Crippen LogP contribution in [0.5, 0.6) is 0 Å². The fraction of sp³-hybridized carbons (Fsp3) is 0.482. The first-order chi connectivity index (χ1) is 30.5. The maximum absolute atomic E-state index is 12.8. The summed E-state index contributed by atoms with van der Waals surface area (Å²) in [5.41, 5.74) is 0. The third kappa shape index (κ3) is 46.1. The zero-order valence-electron chi connectivity index (χ0n) is 38.8. The van der Waals surface area contributed by atoms with Gasteiger partial charge in [-0.25, -0.2) is 0 Å². The van der Waals surface area contributed by atoms with Gasteiger partial charge >= 0.3 is 17.9 Å². The van der Waals surface area contributed by atoms with Crippen molar-refractivity contribution in [3.8, 4) is 0 Å². The molecule has 0 rings (SSSR count). The second kappa shape index (κ2) is 48.7. The molecule has 0 heterocycles. The van der Waals surface area contributed by atoms with E-state index in [1.807, 2.05) is 66.8 Å². The van der Waals surface area contributed by atoms with Gasteiger partial charge in [0.1, 0.15) is 13.2 Å². The van der Waals surface area contributed by atoms with E-state index in [0.717, 1.165) is 83.5 Å². The summed E-state index contributed by atoms with van der Waals surface area (Å²) in [6.45, 7) is 6.06. The minimum atomic E-state index is -0.850. The Morgan fingerprint density at radius 1 is 0.339 bits per heavy atom. The number of ether oxygens (including phenoxy) is 3. The van der Waals surface area contributed by atoms with Crippen molar-refractivity contribution in [2.45, 2.75) is 162 Å². The molecule has 0 aliphatic heterocycles. The molecule has 6 nitrogen and oxygen atoms in total. The third-order valence-electron chi connectivity index (χ3n) is 8.96. The molecular weight excluding hydrogens is 769 g/mol. The van der Waals surface area contributed by atoms with Crippen LogP contribution in [0.4, 0.5) is 0 Å². The lowest BCUT2D eigenvalue weighted by atomic mass is 10.1. The van der Waals surface area contributed by atoms with E-state index in [1.165, 1.54) is 19.3 Å². The predicted molar refractivity (Wildman–Crippen MR) is 265 cm³/mol. The molecule has 0 saturated heterocycles. The average Bonchev–Trinajstić information content (AvgIpc) is 3.27. The lowest BCUT2D eigenvalue weighted by molar-refractivity contribution is -0.166. The Labute approximate surface area is 378 Å². The molecule has 1 atom stereocenters. The quantitative estimate of drug-likeness (QED) is 0.0202. The summed E-state index contributed by atoms with van der Waals surface area (Å²) in [4.78, 5) is 37.8. The zero-order chi connectivity index (χ0) is 45.1. The van der Waals surface area contributed by atoms with Crippen LogP contribution in [-0.2, 0) is 28.6 Å². The highest BCUT2D eigenvalue weighted by Crippen LogP contribution is 2.12. The largest absolute Gasteiger partial charge is 0.462 e. The second-order valence-corrected chi connectivity index (χ2v) is 14.7. The monoisotopic (exact) mass is 851 g/mol. The Balaban J connectivity index is 4.66. The van der Waals surface area contributed by atoms with E-state index in [4.69, 9.17) is 14.2 Å². The van der Waals surface area contributed by atoms with Crippen LogP contribution in [-0.4, -0.2) is 37.2 Å². The van der Waals surface area contributed by atoms with Gasteiger partial charge in [-0.05, 0) is 83.5 Å². The molecule has 0 aromatic rings. The molecule has 62 heavy (non-hydrogen) atoms. The summed E-state index contributed by atoms with van der Waals surface area (Å²) in [6.07, 6.45) is 71.0. The van der Waals surface area contributed by atoms with Crippen LogP contribution in [0.25, 0.3) is 0 Å². The number of esters is 3. The van der Waals surface area contributed by atoms with E-state index < -0.39 is 6.10 Å². The maximum atomic E-state index is 12.8. The topological polar surface area (TPSA) is 78.9 Å². The van der Waals surface area contributed by atoms with Gasteiger partial charge in [0.2, 0.25) is 0 Å². The van der Waals surface area contributed by atoms with E-state index >= 15 is 0 Å². The standard InChI is InChI=1S/C56H82O6/c1-4-7-10-13-16-19-22-25-27-29-31-34-37-40-43-46-49-55(58)61-52-53(51-60-54(57)48-45-42-39-36-33-30-24-21-18-15-12-9-6-3)62-56(59)50-47-44-41-38-35-32-28-26-23-20-17-14-11-8-5-2/h7-12,14-21,23-25,27,30-31,33-34,36,39-40,43,53H,4-6,13,22,26,28-29,32,35,37-38,41-42,44-52H2,1-3H3/b10-7-,11-8-,12-9-,17-14-,18-15-,19-16-,23-20-,24-21-,27-25-,33-30-,34-31-,39-36-,43-40-. The predicted octanol–water partition coefficient (Wildman–Crippen LogP) is 15.5. The Hall–Kier alpha value is -4.97. The molecule has 0 aromatic carbocycles. The maximum Gasteiger partial charge on any atom is 0.306 e. The first-order valence-corrected chi connectivity index (χ1v) is 23.6. The first kappa shape index (κ1) is 57.0. The molecule has 0 amide bonds. The van der Waals surface area contributed by atoms with Crippen molar-refractivity contribution in [2.24, 2.45) is 0 Å². The summed E-state index contributed by atoms with van der Waals surface area (Å²) >= 11 is 0. The van der Waals surface area contributed by atoms with E-state index in [1.54, 1.807) is 0 Å². The van der Waals surface area contributed by atoms with Crippen LogP contribution in [0.15, 0.2) is 158 Å². The molecule has 342 valence electrons. The van der Waals surface area contributed by atoms with E-state index in [0.29, 0.717) is 12.8 Å². The molecule has 6 heteroatoms. The van der Waals surface area contributed by atoms with Crippen molar-refractivity contribution in [2.75, 3.05) is 13.2 Å². The van der Waals surface area contributed by atoms with Gasteiger partial charge in [0, 0.05) is 19.3 Å². The Morgan fingerprint density at radius 2 is 0.710 bits per heavy atom. The molecule has 0 fully saturated rings. The minimum Gasteiger partial charge on any atom is -0.462 e. The highest BCUT2D eigenvalue weighted by Gasteiger charge is 2.19. The van der Waals surface area contributed by atoms with Gasteiger partial charge < -0.3 is 14.2 Å². The number of carbonyl (C=O) groups is 3. The van der Waals surface area contributed by atoms with Gasteiger partial charge in [0.15, 0.2) is 6.10 Å². The van der Waals surface area contributed by atoms with E-state index in [9.17, 15) is 14.4 Å². The summed E-state index contributed by atoms with van der Waals surface area (Å²) in [6, 6.07) is 0. The van der Waals surface area contributed by atoms with E-state index in [-0.39, 0.29) is 50.4 Å². The smallest absolute Gasteiger partial charge is 0.306 e. The third-order valence-corrected chi connectivity index (χ3v) is 8.96. The highest BCUT2D eigenvalue weighted by molar-refractivity contribution is 5.71. The van der Waals surface area contributed by atoms with Crippen LogP contribution >= 0.6 is 0 Å². The van der Waals surface area contributed by atoms with Crippen molar-refractivity contribution >= 4 is 17.9 Å². The number of carbonyl (C=O) groups excluding carboxylic acids is 3. The van der Waals surface area contributed by atoms with Crippen LogP contribution in [0.2, 0.25) is 0 Å². The van der Waals surface area contributed by atoms with E-state index in [2.05, 4.69) is 112 Å². The molecule has 1 unspecified atom stereocenters. The van der Waals surface area contributed by atoms with Gasteiger partial charge in [-0.15, -0.1) is 0 Å². The Bertz CT molecular complexity index is 1490. The van der Waals surface area contributed by atoms with Gasteiger partial charge in [0.25, 0.3) is 0 Å². The van der Waals surface area contributed by atoms with Crippen LogP contribution < -0.4 is 0 Å². The molecule has 0 radical (unpaired) electrons. The minimum absolute atomic E-state index is 0.151. The molecule has 0 aromatic heterocycles. The van der Waals surface area contributed by atoms with Gasteiger partial charge in [0.05, 0.1) is 0 Å². The first-order valence-electron chi connectivity index (χ1n) is 23.6. The van der Waals surface area contributed by atoms with Crippen LogP contribution in [0, 0.1) is 0 Å². The average molecular weight is 851 g/mol. The zero-order valence-corrected chi connectivity index (χ0v) is 38.8. The van der Waals surface area contributed by atoms with Crippen molar-refractivity contribution < 1.29 is 28.6 Å². The lowest BCUT2D eigenvalue weighted by Crippen LogP contribution is -2.30. The molecule has 0 spiro atoms. The SMILES string of the molecule is CC\C=C/C=C\C=C/C=C\C=C/CCCC(=O)OCC(COC(=O)CC/C=C\C/C=C\C/C=C\C/C=C\C/C=C\CC)OC(=O)CCCCCCCCC\C=C/C=C\C=C/CC. The normalized spacial score (nSPS) is 13.5. The number of hydrogen-bond acceptors (Lipinski definition) is 6. The van der Waals surface area contributed by atoms with Crippen LogP contribution in [0.3, 0.4) is 0 Å². The Morgan fingerprint density at radius 3 is 1.21 bits per heavy atom. The summed E-state index contributed by atoms with van der Waals surface area (Å²) in [5.74, 6) is -1.13.